The zero-order valence-corrected chi connectivity index (χ0v) is 15.6. The second kappa shape index (κ2) is 8.78. The van der Waals surface area contributed by atoms with E-state index in [1.54, 1.807) is 13.8 Å². The number of nitrogens with one attached hydrogen (secondary N) is 2. The van der Waals surface area contributed by atoms with Crippen LogP contribution in [0.25, 0.3) is 5.73 Å². The molecule has 0 aromatic carbocycles. The Hall–Kier alpha value is -2.02. The van der Waals surface area contributed by atoms with Gasteiger partial charge in [-0.05, 0) is 18.4 Å². The van der Waals surface area contributed by atoms with Gasteiger partial charge >= 0.3 is 12.1 Å². The van der Waals surface area contributed by atoms with Crippen LogP contribution in [0.15, 0.2) is 4.52 Å². The van der Waals surface area contributed by atoms with Gasteiger partial charge in [0.2, 0.25) is 17.5 Å². The molecule has 154 valence electrons. The van der Waals surface area contributed by atoms with Crippen LogP contribution in [0.2, 0.25) is 0 Å². The van der Waals surface area contributed by atoms with Crippen LogP contribution < -0.4 is 5.32 Å². The van der Waals surface area contributed by atoms with Crippen molar-refractivity contribution in [1.82, 2.24) is 15.5 Å². The number of carbonyl (C=O) groups is 2. The topological polar surface area (TPSA) is 143 Å². The van der Waals surface area contributed by atoms with Crippen LogP contribution in [0.1, 0.15) is 43.7 Å². The number of Topliss-reactive ketones (excluding diaryl/α,β-unsaturated/α-hetero) is 1. The van der Waals surface area contributed by atoms with E-state index in [0.29, 0.717) is 0 Å². The van der Waals surface area contributed by atoms with E-state index in [4.69, 9.17) is 5.73 Å². The van der Waals surface area contributed by atoms with E-state index in [-0.39, 0.29) is 18.1 Å². The Labute approximate surface area is 153 Å². The standard InChI is InChI=1S/C14H20F3N4O5S/c1-4-9(10(22)11-20-13(26-21-11)14(15,16)17)19-12(23)8(18)6-27(24,25)5-7(2)3/h7-9,18H,4-6H2,1-3H3,(H,19,23)/q-1/t8-,9-/m0/s1. The molecule has 2 N–H and O–H groups in total. The Morgan fingerprint density at radius 2 is 1.85 bits per heavy atom. The van der Waals surface area contributed by atoms with Crippen molar-refractivity contribution in [3.05, 3.63) is 17.4 Å². The number of nitrogens with zero attached hydrogens (tertiary/aromatic N) is 2. The van der Waals surface area contributed by atoms with E-state index in [2.05, 4.69) is 20.0 Å². The molecule has 2 atom stereocenters. The molecule has 1 aromatic rings. The SMILES string of the molecule is CC[C@H](NC(=O)[C@@H]([NH-])CS(=O)(=O)CC(C)C)C(=O)c1noc(C(F)(F)F)n1. The van der Waals surface area contributed by atoms with E-state index in [1.807, 2.05) is 0 Å². The molecular weight excluding hydrogens is 393 g/mol. The molecule has 1 amide bonds. The van der Waals surface area contributed by atoms with Crippen LogP contribution >= 0.6 is 0 Å². The van der Waals surface area contributed by atoms with E-state index >= 15 is 0 Å². The summed E-state index contributed by atoms with van der Waals surface area (Å²) in [4.78, 5) is 27.1. The van der Waals surface area contributed by atoms with Gasteiger partial charge in [0.25, 0.3) is 0 Å². The van der Waals surface area contributed by atoms with E-state index < -0.39 is 57.3 Å². The molecule has 0 fully saturated rings. The highest BCUT2D eigenvalue weighted by Gasteiger charge is 2.39. The molecule has 0 aliphatic rings. The van der Waals surface area contributed by atoms with Gasteiger partial charge in [-0.1, -0.05) is 25.9 Å². The number of rotatable bonds is 9. The number of hydrogen-bond donors (Lipinski definition) is 1. The van der Waals surface area contributed by atoms with Gasteiger partial charge in [0.15, 0.2) is 0 Å². The van der Waals surface area contributed by atoms with Crippen molar-refractivity contribution >= 4 is 21.5 Å². The van der Waals surface area contributed by atoms with Gasteiger partial charge in [0, 0.05) is 5.75 Å². The van der Waals surface area contributed by atoms with Gasteiger partial charge in [-0.25, -0.2) is 8.42 Å². The van der Waals surface area contributed by atoms with E-state index in [1.165, 1.54) is 6.92 Å². The molecule has 9 nitrogen and oxygen atoms in total. The fraction of sp³-hybridized carbons (Fsp3) is 0.714. The third-order valence-corrected chi connectivity index (χ3v) is 5.27. The highest BCUT2D eigenvalue weighted by Crippen LogP contribution is 2.27. The summed E-state index contributed by atoms with van der Waals surface area (Å²) >= 11 is 0. The van der Waals surface area contributed by atoms with Crippen molar-refractivity contribution in [2.75, 3.05) is 11.5 Å². The third kappa shape index (κ3) is 6.90. The summed E-state index contributed by atoms with van der Waals surface area (Å²) in [5.41, 5.74) is 7.68. The molecule has 0 saturated carbocycles. The van der Waals surface area contributed by atoms with Gasteiger partial charge in [0.05, 0.1) is 11.8 Å². The van der Waals surface area contributed by atoms with Gasteiger partial charge in [-0.2, -0.15) is 18.2 Å². The maximum atomic E-state index is 12.5. The first-order valence-electron chi connectivity index (χ1n) is 7.93. The second-order valence-corrected chi connectivity index (χ2v) is 8.43. The maximum Gasteiger partial charge on any atom is 0.471 e. The van der Waals surface area contributed by atoms with Crippen LogP contribution in [0.3, 0.4) is 0 Å². The predicted molar refractivity (Wildman–Crippen MR) is 87.5 cm³/mol. The van der Waals surface area contributed by atoms with Gasteiger partial charge in [-0.3, -0.25) is 9.59 Å². The van der Waals surface area contributed by atoms with Crippen molar-refractivity contribution in [1.29, 1.82) is 0 Å². The molecule has 0 saturated heterocycles. The molecule has 0 aliphatic heterocycles. The van der Waals surface area contributed by atoms with Crippen molar-refractivity contribution in [2.24, 2.45) is 5.92 Å². The number of halogens is 3. The quantitative estimate of drug-likeness (QED) is 0.606. The number of hydrogen-bond acceptors (Lipinski definition) is 7. The molecule has 0 aliphatic carbocycles. The smallest absolute Gasteiger partial charge is 0.471 e. The molecular formula is C14H20F3N4O5S-. The van der Waals surface area contributed by atoms with E-state index in [0.717, 1.165) is 0 Å². The minimum absolute atomic E-state index is 0.0358. The highest BCUT2D eigenvalue weighted by atomic mass is 32.2. The van der Waals surface area contributed by atoms with Crippen molar-refractivity contribution in [3.8, 4) is 0 Å². The fourth-order valence-electron chi connectivity index (χ4n) is 2.13. The maximum absolute atomic E-state index is 12.5. The Balaban J connectivity index is 2.80. The van der Waals surface area contributed by atoms with Gasteiger partial charge in [0.1, 0.15) is 9.84 Å². The lowest BCUT2D eigenvalue weighted by atomic mass is 10.1. The average Bonchev–Trinajstić information content (AvgIpc) is 2.99. The molecule has 0 unspecified atom stereocenters. The Morgan fingerprint density at radius 3 is 2.30 bits per heavy atom. The molecule has 13 heteroatoms. The van der Waals surface area contributed by atoms with Crippen molar-refractivity contribution in [3.63, 3.8) is 0 Å². The van der Waals surface area contributed by atoms with Crippen LogP contribution in [0, 0.1) is 5.92 Å². The average molecular weight is 413 g/mol. The summed E-state index contributed by atoms with van der Waals surface area (Å²) in [5.74, 6) is -5.77. The number of aromatic nitrogens is 2. The zero-order valence-electron chi connectivity index (χ0n) is 14.8. The van der Waals surface area contributed by atoms with Crippen LogP contribution in [-0.4, -0.2) is 53.8 Å². The number of alkyl halides is 3. The molecule has 0 bridgehead atoms. The summed E-state index contributed by atoms with van der Waals surface area (Å²) in [6.07, 6.45) is -4.96. The lowest BCUT2D eigenvalue weighted by Crippen LogP contribution is -2.46. The molecule has 1 heterocycles. The molecule has 0 spiro atoms. The van der Waals surface area contributed by atoms with Crippen molar-refractivity contribution in [2.45, 2.75) is 45.5 Å². The molecule has 1 rings (SSSR count). The van der Waals surface area contributed by atoms with E-state index in [9.17, 15) is 31.2 Å². The first-order valence-corrected chi connectivity index (χ1v) is 9.76. The number of amides is 1. The normalized spacial score (nSPS) is 14.8. The summed E-state index contributed by atoms with van der Waals surface area (Å²) in [6.45, 7) is 4.80. The molecule has 1 aromatic heterocycles. The Kier molecular flexibility index (Phi) is 7.48. The van der Waals surface area contributed by atoms with Gasteiger partial charge < -0.3 is 15.6 Å². The second-order valence-electron chi connectivity index (χ2n) is 6.28. The highest BCUT2D eigenvalue weighted by molar-refractivity contribution is 7.91. The van der Waals surface area contributed by atoms with Gasteiger partial charge in [-0.15, -0.1) is 0 Å². The Bertz CT molecular complexity index is 776. The molecule has 27 heavy (non-hydrogen) atoms. The van der Waals surface area contributed by atoms with Crippen molar-refractivity contribution < 1.29 is 35.7 Å². The zero-order chi connectivity index (χ0) is 21.0. The molecule has 0 radical (unpaired) electrons. The Morgan fingerprint density at radius 1 is 1.26 bits per heavy atom. The monoisotopic (exact) mass is 413 g/mol. The minimum Gasteiger partial charge on any atom is -0.666 e. The van der Waals surface area contributed by atoms with Crippen LogP contribution in [0.4, 0.5) is 13.2 Å². The largest absolute Gasteiger partial charge is 0.666 e. The third-order valence-electron chi connectivity index (χ3n) is 3.25. The minimum atomic E-state index is -4.92. The number of carbonyl (C=O) groups excluding carboxylic acids is 2. The summed E-state index contributed by atoms with van der Waals surface area (Å²) < 4.78 is 65.0. The first kappa shape index (κ1) is 23.0. The first-order chi connectivity index (χ1) is 12.3. The fourth-order valence-corrected chi connectivity index (χ4v) is 3.94. The van der Waals surface area contributed by atoms with Crippen LogP contribution in [-0.2, 0) is 20.8 Å². The van der Waals surface area contributed by atoms with Crippen LogP contribution in [0.5, 0.6) is 0 Å². The summed E-state index contributed by atoms with van der Waals surface area (Å²) in [5, 5.41) is 5.09. The predicted octanol–water partition coefficient (Wildman–Crippen LogP) is 1.66. The lowest BCUT2D eigenvalue weighted by Gasteiger charge is -2.23. The number of sulfone groups is 1. The summed E-state index contributed by atoms with van der Waals surface area (Å²) in [6, 6.07) is -3.01. The summed E-state index contributed by atoms with van der Waals surface area (Å²) in [7, 11) is -3.65. The number of ketones is 1. The lowest BCUT2D eigenvalue weighted by molar-refractivity contribution is -0.159.